The van der Waals surface area contributed by atoms with Crippen molar-refractivity contribution in [1.29, 1.82) is 0 Å². The minimum Gasteiger partial charge on any atom is -0.496 e. The molecule has 0 unspecified atom stereocenters. The van der Waals surface area contributed by atoms with Crippen LogP contribution in [0, 0.1) is 6.92 Å². The first-order valence-corrected chi connectivity index (χ1v) is 17.1. The Hall–Kier alpha value is -3.90. The SMILES string of the molecule is C=CCOC(=O)Nc1cc(C)c(OC)cc1C(=O)N1CC=C(c2cn(C)c(=O)n(C)c2=O)C[C@H]1CO[Si](C)(C)C(C)(C)C. The van der Waals surface area contributed by atoms with Crippen LogP contribution >= 0.6 is 0 Å². The number of rotatable bonds is 9. The highest BCUT2D eigenvalue weighted by molar-refractivity contribution is 6.74. The van der Waals surface area contributed by atoms with Gasteiger partial charge in [0.1, 0.15) is 12.4 Å². The van der Waals surface area contributed by atoms with Crippen LogP contribution < -0.4 is 21.3 Å². The number of carbonyl (C=O) groups excluding carboxylic acids is 2. The van der Waals surface area contributed by atoms with Gasteiger partial charge in [-0.15, -0.1) is 0 Å². The van der Waals surface area contributed by atoms with Gasteiger partial charge in [0.2, 0.25) is 0 Å². The second kappa shape index (κ2) is 13.2. The summed E-state index contributed by atoms with van der Waals surface area (Å²) in [5, 5.41) is 2.62. The average molecular weight is 613 g/mol. The molecule has 0 aliphatic carbocycles. The van der Waals surface area contributed by atoms with Crippen molar-refractivity contribution in [1.82, 2.24) is 14.0 Å². The standard InChI is InChI=1S/C31H44N4O7Si/c1-11-14-41-29(38)32-25-15-20(2)26(40-8)17-23(25)28(37)35-13-12-21(24-18-33(6)30(39)34(7)27(24)36)16-22(35)19-42-43(9,10)31(3,4)5/h11-12,15,17-18,22H,1,13-14,16,19H2,2-10H3,(H,32,38)/t22-/m0/s1. The number of carbonyl (C=O) groups is 2. The van der Waals surface area contributed by atoms with Gasteiger partial charge in [0.05, 0.1) is 36.6 Å². The molecule has 11 nitrogen and oxygen atoms in total. The number of hydrogen-bond donors (Lipinski definition) is 1. The van der Waals surface area contributed by atoms with E-state index >= 15 is 0 Å². The van der Waals surface area contributed by atoms with Crippen molar-refractivity contribution in [3.8, 4) is 5.75 Å². The fourth-order valence-electron chi connectivity index (χ4n) is 4.60. The molecule has 0 radical (unpaired) electrons. The Bertz CT molecular complexity index is 1550. The van der Waals surface area contributed by atoms with Crippen molar-refractivity contribution < 1.29 is 23.5 Å². The van der Waals surface area contributed by atoms with Gasteiger partial charge in [-0.25, -0.2) is 9.59 Å². The molecule has 2 aromatic rings. The molecular formula is C31H44N4O7Si. The topological polar surface area (TPSA) is 121 Å². The number of benzene rings is 1. The zero-order valence-corrected chi connectivity index (χ0v) is 27.7. The summed E-state index contributed by atoms with van der Waals surface area (Å²) in [6.07, 6.45) is 4.44. The maximum absolute atomic E-state index is 14.3. The Morgan fingerprint density at radius 2 is 1.86 bits per heavy atom. The van der Waals surface area contributed by atoms with E-state index in [9.17, 15) is 19.2 Å². The lowest BCUT2D eigenvalue weighted by atomic mass is 9.94. The van der Waals surface area contributed by atoms with Gasteiger partial charge in [-0.05, 0) is 54.7 Å². The lowest BCUT2D eigenvalue weighted by Gasteiger charge is -2.41. The summed E-state index contributed by atoms with van der Waals surface area (Å²) >= 11 is 0. The number of aryl methyl sites for hydroxylation is 2. The Labute approximate surface area is 253 Å². The van der Waals surface area contributed by atoms with Crippen LogP contribution in [0.3, 0.4) is 0 Å². The molecule has 1 aromatic heterocycles. The van der Waals surface area contributed by atoms with E-state index in [4.69, 9.17) is 13.9 Å². The predicted molar refractivity (Wildman–Crippen MR) is 170 cm³/mol. The Balaban J connectivity index is 2.09. The van der Waals surface area contributed by atoms with Crippen molar-refractivity contribution >= 4 is 31.6 Å². The van der Waals surface area contributed by atoms with Crippen LogP contribution in [0.1, 0.15) is 48.7 Å². The van der Waals surface area contributed by atoms with E-state index in [2.05, 4.69) is 45.8 Å². The van der Waals surface area contributed by atoms with Crippen molar-refractivity contribution in [2.24, 2.45) is 14.1 Å². The number of anilines is 1. The summed E-state index contributed by atoms with van der Waals surface area (Å²) in [7, 11) is 2.36. The second-order valence-corrected chi connectivity index (χ2v) is 17.1. The molecule has 0 fully saturated rings. The molecule has 3 rings (SSSR count). The van der Waals surface area contributed by atoms with Crippen LogP contribution in [0.2, 0.25) is 18.1 Å². The van der Waals surface area contributed by atoms with E-state index in [0.29, 0.717) is 17.7 Å². The first-order chi connectivity index (χ1) is 20.0. The third-order valence-corrected chi connectivity index (χ3v) is 12.8. The zero-order chi connectivity index (χ0) is 32.3. The van der Waals surface area contributed by atoms with Gasteiger partial charge in [-0.3, -0.25) is 19.5 Å². The normalized spacial score (nSPS) is 15.5. The number of nitrogens with one attached hydrogen (secondary N) is 1. The van der Waals surface area contributed by atoms with E-state index in [1.807, 2.05) is 13.0 Å². The van der Waals surface area contributed by atoms with Crippen molar-refractivity contribution in [2.45, 2.75) is 58.3 Å². The molecule has 0 spiro atoms. The number of nitrogens with zero attached hydrogens (tertiary/aromatic N) is 3. The Kier molecular flexibility index (Phi) is 10.3. The van der Waals surface area contributed by atoms with E-state index < -0.39 is 31.7 Å². The lowest BCUT2D eigenvalue weighted by molar-refractivity contribution is 0.0627. The third-order valence-electron chi connectivity index (χ3n) is 8.26. The third kappa shape index (κ3) is 7.37. The second-order valence-electron chi connectivity index (χ2n) is 12.3. The molecule has 234 valence electrons. The molecular weight excluding hydrogens is 568 g/mol. The number of amides is 2. The molecule has 1 atom stereocenters. The van der Waals surface area contributed by atoms with E-state index in [1.54, 1.807) is 30.3 Å². The van der Waals surface area contributed by atoms with Gasteiger partial charge in [0, 0.05) is 26.8 Å². The van der Waals surface area contributed by atoms with Crippen LogP contribution in [-0.2, 0) is 23.3 Å². The molecule has 1 aliphatic heterocycles. The minimum atomic E-state index is -2.21. The summed E-state index contributed by atoms with van der Waals surface area (Å²) in [5.41, 5.74) is 1.55. The van der Waals surface area contributed by atoms with Gasteiger partial charge in [0.15, 0.2) is 8.32 Å². The van der Waals surface area contributed by atoms with Crippen molar-refractivity contribution in [3.63, 3.8) is 0 Å². The zero-order valence-electron chi connectivity index (χ0n) is 26.7. The van der Waals surface area contributed by atoms with E-state index in [0.717, 1.165) is 15.7 Å². The maximum atomic E-state index is 14.3. The first-order valence-electron chi connectivity index (χ1n) is 14.2. The van der Waals surface area contributed by atoms with E-state index in [-0.39, 0.29) is 42.0 Å². The lowest BCUT2D eigenvalue weighted by Crippen LogP contribution is -2.50. The maximum Gasteiger partial charge on any atom is 0.411 e. The quantitative estimate of drug-likeness (QED) is 0.328. The molecule has 12 heteroatoms. The monoisotopic (exact) mass is 612 g/mol. The molecule has 1 N–H and O–H groups in total. The molecule has 2 heterocycles. The van der Waals surface area contributed by atoms with Gasteiger partial charge < -0.3 is 23.4 Å². The summed E-state index contributed by atoms with van der Waals surface area (Å²) in [6, 6.07) is 2.84. The minimum absolute atomic E-state index is 0.0152. The number of aromatic nitrogens is 2. The Morgan fingerprint density at radius 3 is 2.47 bits per heavy atom. The van der Waals surface area contributed by atoms with Crippen LogP contribution in [0.5, 0.6) is 5.75 Å². The highest BCUT2D eigenvalue weighted by atomic mass is 28.4. The average Bonchev–Trinajstić information content (AvgIpc) is 2.94. The van der Waals surface area contributed by atoms with Crippen molar-refractivity contribution in [2.75, 3.05) is 32.2 Å². The van der Waals surface area contributed by atoms with Crippen molar-refractivity contribution in [3.05, 3.63) is 74.6 Å². The molecule has 43 heavy (non-hydrogen) atoms. The fourth-order valence-corrected chi connectivity index (χ4v) is 5.64. The molecule has 1 aromatic carbocycles. The number of hydrogen-bond acceptors (Lipinski definition) is 7. The number of ether oxygens (including phenoxy) is 2. The molecule has 0 saturated heterocycles. The van der Waals surface area contributed by atoms with Gasteiger partial charge in [0.25, 0.3) is 11.5 Å². The number of methoxy groups -OCH3 is 1. The highest BCUT2D eigenvalue weighted by Crippen LogP contribution is 2.38. The largest absolute Gasteiger partial charge is 0.496 e. The van der Waals surface area contributed by atoms with Crippen LogP contribution in [-0.4, -0.2) is 67.3 Å². The fraction of sp³-hybridized carbons (Fsp3) is 0.484. The smallest absolute Gasteiger partial charge is 0.411 e. The highest BCUT2D eigenvalue weighted by Gasteiger charge is 2.39. The summed E-state index contributed by atoms with van der Waals surface area (Å²) in [4.78, 5) is 53.8. The first kappa shape index (κ1) is 33.6. The van der Waals surface area contributed by atoms with Gasteiger partial charge in [-0.1, -0.05) is 39.5 Å². The van der Waals surface area contributed by atoms with Gasteiger partial charge >= 0.3 is 11.8 Å². The van der Waals surface area contributed by atoms with Gasteiger partial charge in [-0.2, -0.15) is 0 Å². The summed E-state index contributed by atoms with van der Waals surface area (Å²) in [6.45, 7) is 16.5. The molecule has 0 bridgehead atoms. The summed E-state index contributed by atoms with van der Waals surface area (Å²) in [5.74, 6) is 0.147. The summed E-state index contributed by atoms with van der Waals surface area (Å²) < 4.78 is 19.6. The van der Waals surface area contributed by atoms with Crippen LogP contribution in [0.4, 0.5) is 10.5 Å². The molecule has 0 saturated carbocycles. The molecule has 2 amide bonds. The van der Waals surface area contributed by atoms with Crippen LogP contribution in [0.15, 0.2) is 46.6 Å². The molecule has 1 aliphatic rings. The van der Waals surface area contributed by atoms with Crippen LogP contribution in [0.25, 0.3) is 5.57 Å². The predicted octanol–water partition coefficient (Wildman–Crippen LogP) is 4.46. The Morgan fingerprint density at radius 1 is 1.19 bits per heavy atom. The van der Waals surface area contributed by atoms with E-state index in [1.165, 1.54) is 24.8 Å².